The molecule has 86 valence electrons. The number of carbonyl (C=O) groups is 1. The van der Waals surface area contributed by atoms with Crippen molar-refractivity contribution in [2.75, 3.05) is 0 Å². The second-order valence-corrected chi connectivity index (χ2v) is 4.75. The van der Waals surface area contributed by atoms with E-state index in [4.69, 9.17) is 18.0 Å². The van der Waals surface area contributed by atoms with Crippen LogP contribution in [0.15, 0.2) is 24.3 Å². The van der Waals surface area contributed by atoms with Crippen LogP contribution in [0.3, 0.4) is 0 Å². The van der Waals surface area contributed by atoms with E-state index in [0.29, 0.717) is 5.56 Å². The van der Waals surface area contributed by atoms with Crippen LogP contribution in [0.1, 0.15) is 29.8 Å². The van der Waals surface area contributed by atoms with Crippen molar-refractivity contribution in [3.63, 3.8) is 0 Å². The van der Waals surface area contributed by atoms with Crippen LogP contribution in [-0.4, -0.2) is 16.4 Å². The number of amides is 1. The summed E-state index contributed by atoms with van der Waals surface area (Å²) >= 11 is 4.89. The number of thiocarbonyl (C=S) groups is 1. The average molecular weight is 236 g/mol. The first-order valence-corrected chi connectivity index (χ1v) is 5.43. The van der Waals surface area contributed by atoms with Gasteiger partial charge in [-0.25, -0.2) is 0 Å². The lowest BCUT2D eigenvalue weighted by molar-refractivity contribution is 0.0932. The molecular formula is C12H16N2OS. The van der Waals surface area contributed by atoms with Crippen molar-refractivity contribution in [2.45, 2.75) is 26.3 Å². The molecule has 1 aromatic rings. The number of hydrogen-bond acceptors (Lipinski definition) is 2. The zero-order valence-corrected chi connectivity index (χ0v) is 10.5. The molecular weight excluding hydrogens is 220 g/mol. The summed E-state index contributed by atoms with van der Waals surface area (Å²) in [6.45, 7) is 5.50. The van der Waals surface area contributed by atoms with Gasteiger partial charge in [0.2, 0.25) is 0 Å². The Hall–Kier alpha value is -1.42. The van der Waals surface area contributed by atoms with Gasteiger partial charge in [0, 0.05) is 5.56 Å². The van der Waals surface area contributed by atoms with Gasteiger partial charge in [0.25, 0.3) is 5.91 Å². The monoisotopic (exact) mass is 236 g/mol. The topological polar surface area (TPSA) is 55.1 Å². The number of nitrogens with one attached hydrogen (secondary N) is 1. The maximum atomic E-state index is 11.9. The summed E-state index contributed by atoms with van der Waals surface area (Å²) in [5.41, 5.74) is 6.53. The lowest BCUT2D eigenvalue weighted by Gasteiger charge is -2.24. The van der Waals surface area contributed by atoms with Gasteiger partial charge in [-0.15, -0.1) is 0 Å². The van der Waals surface area contributed by atoms with Crippen molar-refractivity contribution in [2.24, 2.45) is 5.73 Å². The molecule has 0 aliphatic heterocycles. The molecule has 0 aromatic heterocycles. The molecule has 0 aliphatic carbocycles. The van der Waals surface area contributed by atoms with Crippen LogP contribution in [0.2, 0.25) is 0 Å². The van der Waals surface area contributed by atoms with Crippen molar-refractivity contribution < 1.29 is 4.79 Å². The number of carbonyl (C=O) groups excluding carboxylic acids is 1. The molecule has 1 amide bonds. The third-order valence-corrected chi connectivity index (χ3v) is 2.83. The smallest absolute Gasteiger partial charge is 0.252 e. The summed E-state index contributed by atoms with van der Waals surface area (Å²) in [4.78, 5) is 12.2. The van der Waals surface area contributed by atoms with E-state index in [1.807, 2.05) is 25.1 Å². The Kier molecular flexibility index (Phi) is 3.65. The average Bonchev–Trinajstić information content (AvgIpc) is 2.16. The molecule has 3 N–H and O–H groups in total. The molecule has 0 aliphatic rings. The number of hydrogen-bond donors (Lipinski definition) is 2. The van der Waals surface area contributed by atoms with Gasteiger partial charge in [-0.3, -0.25) is 4.79 Å². The molecule has 0 unspecified atom stereocenters. The maximum absolute atomic E-state index is 11.9. The maximum Gasteiger partial charge on any atom is 0.252 e. The van der Waals surface area contributed by atoms with Crippen LogP contribution < -0.4 is 11.1 Å². The SMILES string of the molecule is Cc1cccc(C(=O)NC(C)(C)C(N)=S)c1. The van der Waals surface area contributed by atoms with Crippen molar-refractivity contribution in [1.82, 2.24) is 5.32 Å². The molecule has 3 nitrogen and oxygen atoms in total. The fraction of sp³-hybridized carbons (Fsp3) is 0.333. The van der Waals surface area contributed by atoms with Crippen molar-refractivity contribution >= 4 is 23.1 Å². The molecule has 0 radical (unpaired) electrons. The third kappa shape index (κ3) is 3.03. The Morgan fingerprint density at radius 3 is 2.56 bits per heavy atom. The molecule has 0 saturated heterocycles. The number of nitrogens with two attached hydrogens (primary N) is 1. The fourth-order valence-electron chi connectivity index (χ4n) is 1.20. The molecule has 0 atom stereocenters. The largest absolute Gasteiger partial charge is 0.391 e. The standard InChI is InChI=1S/C12H16N2OS/c1-8-5-4-6-9(7-8)10(15)14-12(2,3)11(13)16/h4-7H,1-3H3,(H2,13,16)(H,14,15). The normalized spacial score (nSPS) is 10.9. The van der Waals surface area contributed by atoms with Gasteiger partial charge in [-0.1, -0.05) is 29.9 Å². The van der Waals surface area contributed by atoms with E-state index < -0.39 is 5.54 Å². The van der Waals surface area contributed by atoms with E-state index in [0.717, 1.165) is 5.56 Å². The van der Waals surface area contributed by atoms with Crippen LogP contribution in [0.25, 0.3) is 0 Å². The van der Waals surface area contributed by atoms with Crippen LogP contribution in [0, 0.1) is 6.92 Å². The Balaban J connectivity index is 2.85. The first kappa shape index (κ1) is 12.6. The van der Waals surface area contributed by atoms with Crippen LogP contribution in [0.5, 0.6) is 0 Å². The lowest BCUT2D eigenvalue weighted by atomic mass is 10.0. The van der Waals surface area contributed by atoms with E-state index in [2.05, 4.69) is 5.32 Å². The van der Waals surface area contributed by atoms with Gasteiger partial charge in [-0.2, -0.15) is 0 Å². The van der Waals surface area contributed by atoms with E-state index >= 15 is 0 Å². The van der Waals surface area contributed by atoms with E-state index in [1.54, 1.807) is 19.9 Å². The molecule has 0 bridgehead atoms. The van der Waals surface area contributed by atoms with E-state index in [9.17, 15) is 4.79 Å². The summed E-state index contributed by atoms with van der Waals surface area (Å²) in [6, 6.07) is 7.37. The van der Waals surface area contributed by atoms with Crippen LogP contribution in [0.4, 0.5) is 0 Å². The number of benzene rings is 1. The van der Waals surface area contributed by atoms with Gasteiger partial charge in [-0.05, 0) is 32.9 Å². The van der Waals surface area contributed by atoms with Gasteiger partial charge in [0.15, 0.2) is 0 Å². The quantitative estimate of drug-likeness (QED) is 0.787. The molecule has 0 saturated carbocycles. The van der Waals surface area contributed by atoms with Crippen LogP contribution >= 0.6 is 12.2 Å². The molecule has 4 heteroatoms. The molecule has 16 heavy (non-hydrogen) atoms. The fourth-order valence-corrected chi connectivity index (χ4v) is 1.25. The van der Waals surface area contributed by atoms with Gasteiger partial charge in [0.1, 0.15) is 0 Å². The summed E-state index contributed by atoms with van der Waals surface area (Å²) in [5.74, 6) is -0.165. The Bertz CT molecular complexity index is 427. The highest BCUT2D eigenvalue weighted by atomic mass is 32.1. The first-order valence-electron chi connectivity index (χ1n) is 5.02. The van der Waals surface area contributed by atoms with Gasteiger partial charge < -0.3 is 11.1 Å². The molecule has 0 spiro atoms. The second kappa shape index (κ2) is 4.61. The van der Waals surface area contributed by atoms with E-state index in [-0.39, 0.29) is 10.9 Å². The van der Waals surface area contributed by atoms with Crippen LogP contribution in [-0.2, 0) is 0 Å². The second-order valence-electron chi connectivity index (χ2n) is 4.31. The Labute approximate surface area is 101 Å². The minimum absolute atomic E-state index is 0.165. The molecule has 1 aromatic carbocycles. The predicted octanol–water partition coefficient (Wildman–Crippen LogP) is 1.79. The Morgan fingerprint density at radius 2 is 2.06 bits per heavy atom. The molecule has 1 rings (SSSR count). The summed E-state index contributed by atoms with van der Waals surface area (Å²) in [7, 11) is 0. The minimum atomic E-state index is -0.670. The predicted molar refractivity (Wildman–Crippen MR) is 69.5 cm³/mol. The highest BCUT2D eigenvalue weighted by Crippen LogP contribution is 2.08. The molecule has 0 fully saturated rings. The zero-order chi connectivity index (χ0) is 12.3. The minimum Gasteiger partial charge on any atom is -0.391 e. The summed E-state index contributed by atoms with van der Waals surface area (Å²) in [6.07, 6.45) is 0. The first-order chi connectivity index (χ1) is 7.33. The van der Waals surface area contributed by atoms with Gasteiger partial charge in [0.05, 0.1) is 10.5 Å². The summed E-state index contributed by atoms with van der Waals surface area (Å²) in [5, 5.41) is 2.79. The number of rotatable bonds is 3. The Morgan fingerprint density at radius 1 is 1.44 bits per heavy atom. The lowest BCUT2D eigenvalue weighted by Crippen LogP contribution is -2.52. The van der Waals surface area contributed by atoms with Crippen molar-refractivity contribution in [3.8, 4) is 0 Å². The van der Waals surface area contributed by atoms with E-state index in [1.165, 1.54) is 0 Å². The zero-order valence-electron chi connectivity index (χ0n) is 9.70. The highest BCUT2D eigenvalue weighted by Gasteiger charge is 2.23. The molecule has 0 heterocycles. The van der Waals surface area contributed by atoms with Crippen molar-refractivity contribution in [3.05, 3.63) is 35.4 Å². The third-order valence-electron chi connectivity index (χ3n) is 2.32. The van der Waals surface area contributed by atoms with Crippen molar-refractivity contribution in [1.29, 1.82) is 0 Å². The summed E-state index contributed by atoms with van der Waals surface area (Å²) < 4.78 is 0. The number of aryl methyl sites for hydroxylation is 1. The highest BCUT2D eigenvalue weighted by molar-refractivity contribution is 7.80. The van der Waals surface area contributed by atoms with Gasteiger partial charge >= 0.3 is 0 Å².